The molecule has 1 aliphatic carbocycles. The van der Waals surface area contributed by atoms with Crippen LogP contribution >= 0.6 is 0 Å². The van der Waals surface area contributed by atoms with Crippen molar-refractivity contribution in [2.24, 2.45) is 11.8 Å². The normalized spacial score (nSPS) is 22.9. The van der Waals surface area contributed by atoms with E-state index in [4.69, 9.17) is 9.47 Å². The summed E-state index contributed by atoms with van der Waals surface area (Å²) in [5, 5.41) is 3.03. The fraction of sp³-hybridized carbons (Fsp3) is 0.655. The van der Waals surface area contributed by atoms with E-state index in [1.54, 1.807) is 4.90 Å². The van der Waals surface area contributed by atoms with E-state index in [1.807, 2.05) is 57.2 Å². The topological polar surface area (TPSA) is 67.9 Å². The van der Waals surface area contributed by atoms with Gasteiger partial charge in [0.05, 0.1) is 12.1 Å². The number of carbonyl (C=O) groups is 2. The van der Waals surface area contributed by atoms with Crippen LogP contribution < -0.4 is 5.32 Å². The van der Waals surface area contributed by atoms with Crippen molar-refractivity contribution in [3.05, 3.63) is 47.5 Å². The SMILES string of the molecule is CCC(=C[C@H]1OC(C)(C)N(C(=O)OCc2ccccc2)[C@H]1CC1CCCCC1)C(=O)NCC(C)C. The molecule has 1 aliphatic heterocycles. The summed E-state index contributed by atoms with van der Waals surface area (Å²) in [5.74, 6) is 0.878. The van der Waals surface area contributed by atoms with Gasteiger partial charge in [-0.1, -0.05) is 83.2 Å². The summed E-state index contributed by atoms with van der Waals surface area (Å²) >= 11 is 0. The monoisotopic (exact) mass is 484 g/mol. The number of benzene rings is 1. The molecule has 194 valence electrons. The molecule has 1 saturated carbocycles. The fourth-order valence-corrected chi connectivity index (χ4v) is 5.27. The van der Waals surface area contributed by atoms with Crippen LogP contribution in [0.4, 0.5) is 4.79 Å². The van der Waals surface area contributed by atoms with Crippen molar-refractivity contribution in [1.29, 1.82) is 0 Å². The number of carbonyl (C=O) groups excluding carboxylic acids is 2. The van der Waals surface area contributed by atoms with Gasteiger partial charge in [-0.05, 0) is 50.2 Å². The lowest BCUT2D eigenvalue weighted by molar-refractivity contribution is -0.117. The lowest BCUT2D eigenvalue weighted by Gasteiger charge is -2.35. The first-order valence-corrected chi connectivity index (χ1v) is 13.4. The Morgan fingerprint density at radius 2 is 1.86 bits per heavy atom. The van der Waals surface area contributed by atoms with Crippen LogP contribution in [-0.2, 0) is 20.9 Å². The predicted octanol–water partition coefficient (Wildman–Crippen LogP) is 6.21. The Morgan fingerprint density at radius 3 is 2.49 bits per heavy atom. The highest BCUT2D eigenvalue weighted by molar-refractivity contribution is 5.93. The van der Waals surface area contributed by atoms with Gasteiger partial charge in [0.1, 0.15) is 12.3 Å². The molecule has 1 saturated heterocycles. The molecule has 1 N–H and O–H groups in total. The number of rotatable bonds is 9. The highest BCUT2D eigenvalue weighted by Gasteiger charge is 2.50. The summed E-state index contributed by atoms with van der Waals surface area (Å²) < 4.78 is 12.2. The average Bonchev–Trinajstić information content (AvgIpc) is 3.09. The Morgan fingerprint density at radius 1 is 1.17 bits per heavy atom. The maximum atomic E-state index is 13.4. The van der Waals surface area contributed by atoms with Gasteiger partial charge in [0.2, 0.25) is 5.91 Å². The van der Waals surface area contributed by atoms with E-state index >= 15 is 0 Å². The van der Waals surface area contributed by atoms with Crippen LogP contribution in [0.15, 0.2) is 42.0 Å². The minimum atomic E-state index is -0.832. The molecule has 3 rings (SSSR count). The van der Waals surface area contributed by atoms with E-state index < -0.39 is 5.72 Å². The molecule has 2 amide bonds. The van der Waals surface area contributed by atoms with Gasteiger partial charge in [0.25, 0.3) is 0 Å². The molecule has 0 aromatic heterocycles. The van der Waals surface area contributed by atoms with Crippen LogP contribution in [0.25, 0.3) is 0 Å². The van der Waals surface area contributed by atoms with Crippen molar-refractivity contribution in [3.63, 3.8) is 0 Å². The molecule has 1 heterocycles. The van der Waals surface area contributed by atoms with Crippen molar-refractivity contribution >= 4 is 12.0 Å². The Labute approximate surface area is 211 Å². The van der Waals surface area contributed by atoms with Gasteiger partial charge in [0.15, 0.2) is 0 Å². The van der Waals surface area contributed by atoms with Crippen molar-refractivity contribution in [2.75, 3.05) is 6.54 Å². The lowest BCUT2D eigenvalue weighted by atomic mass is 9.83. The standard InChI is InChI=1S/C29H44N2O4/c1-6-24(27(32)30-19-21(2)3)18-26-25(17-22-13-9-7-10-14-22)31(29(4,5)35-26)28(33)34-20-23-15-11-8-12-16-23/h8,11-12,15-16,18,21-22,25-26H,6-7,9-10,13-14,17,19-20H2,1-5H3,(H,30,32)/t25-,26+/m0/s1. The van der Waals surface area contributed by atoms with Gasteiger partial charge in [-0.3, -0.25) is 9.69 Å². The Kier molecular flexibility index (Phi) is 9.79. The van der Waals surface area contributed by atoms with Gasteiger partial charge in [-0.2, -0.15) is 0 Å². The number of nitrogens with zero attached hydrogens (tertiary/aromatic N) is 1. The molecule has 6 heteroatoms. The quantitative estimate of drug-likeness (QED) is 0.423. The Hall–Kier alpha value is -2.34. The minimum Gasteiger partial charge on any atom is -0.444 e. The summed E-state index contributed by atoms with van der Waals surface area (Å²) in [4.78, 5) is 28.1. The largest absolute Gasteiger partial charge is 0.444 e. The van der Waals surface area contributed by atoms with Crippen LogP contribution in [0.2, 0.25) is 0 Å². The summed E-state index contributed by atoms with van der Waals surface area (Å²) in [7, 11) is 0. The lowest BCUT2D eigenvalue weighted by Crippen LogP contribution is -2.49. The Balaban J connectivity index is 1.83. The molecule has 6 nitrogen and oxygen atoms in total. The summed E-state index contributed by atoms with van der Waals surface area (Å²) in [5.41, 5.74) is 0.829. The average molecular weight is 485 g/mol. The van der Waals surface area contributed by atoms with E-state index in [0.717, 1.165) is 12.0 Å². The van der Waals surface area contributed by atoms with Crippen LogP contribution in [0.1, 0.15) is 85.1 Å². The van der Waals surface area contributed by atoms with Crippen molar-refractivity contribution in [3.8, 4) is 0 Å². The molecule has 1 aromatic carbocycles. The third-order valence-electron chi connectivity index (χ3n) is 7.13. The van der Waals surface area contributed by atoms with E-state index in [0.29, 0.717) is 30.4 Å². The predicted molar refractivity (Wildman–Crippen MR) is 139 cm³/mol. The molecular weight excluding hydrogens is 440 g/mol. The van der Waals surface area contributed by atoms with Gasteiger partial charge in [-0.15, -0.1) is 0 Å². The first-order chi connectivity index (χ1) is 16.7. The number of ether oxygens (including phenoxy) is 2. The zero-order valence-corrected chi connectivity index (χ0v) is 22.2. The first kappa shape index (κ1) is 27.3. The zero-order chi connectivity index (χ0) is 25.4. The molecule has 1 aromatic rings. The highest BCUT2D eigenvalue weighted by Crippen LogP contribution is 2.39. The minimum absolute atomic E-state index is 0.0517. The second kappa shape index (κ2) is 12.6. The summed E-state index contributed by atoms with van der Waals surface area (Å²) in [6.45, 7) is 10.8. The third kappa shape index (κ3) is 7.57. The van der Waals surface area contributed by atoms with Crippen molar-refractivity contribution in [1.82, 2.24) is 10.2 Å². The highest BCUT2D eigenvalue weighted by atomic mass is 16.6. The van der Waals surface area contributed by atoms with Gasteiger partial charge in [0, 0.05) is 12.1 Å². The summed E-state index contributed by atoms with van der Waals surface area (Å²) in [6, 6.07) is 9.56. The maximum Gasteiger partial charge on any atom is 0.412 e. The van der Waals surface area contributed by atoms with Crippen molar-refractivity contribution in [2.45, 2.75) is 104 Å². The number of nitrogens with one attached hydrogen (secondary N) is 1. The molecular formula is C29H44N2O4. The molecule has 0 bridgehead atoms. The smallest absolute Gasteiger partial charge is 0.412 e. The maximum absolute atomic E-state index is 13.4. The second-order valence-corrected chi connectivity index (χ2v) is 10.9. The second-order valence-electron chi connectivity index (χ2n) is 10.9. The van der Waals surface area contributed by atoms with Crippen LogP contribution in [0, 0.1) is 11.8 Å². The van der Waals surface area contributed by atoms with E-state index in [9.17, 15) is 9.59 Å². The van der Waals surface area contributed by atoms with Crippen molar-refractivity contribution < 1.29 is 19.1 Å². The Bertz CT molecular complexity index is 859. The van der Waals surface area contributed by atoms with E-state index in [-0.39, 0.29) is 30.8 Å². The number of hydrogen-bond acceptors (Lipinski definition) is 4. The van der Waals surface area contributed by atoms with Gasteiger partial charge in [-0.25, -0.2) is 4.79 Å². The third-order valence-corrected chi connectivity index (χ3v) is 7.13. The molecule has 2 aliphatic rings. The van der Waals surface area contributed by atoms with Gasteiger partial charge < -0.3 is 14.8 Å². The number of amides is 2. The van der Waals surface area contributed by atoms with Crippen LogP contribution in [0.5, 0.6) is 0 Å². The van der Waals surface area contributed by atoms with Crippen LogP contribution in [-0.4, -0.2) is 41.3 Å². The van der Waals surface area contributed by atoms with Crippen LogP contribution in [0.3, 0.4) is 0 Å². The fourth-order valence-electron chi connectivity index (χ4n) is 5.27. The zero-order valence-electron chi connectivity index (χ0n) is 22.2. The molecule has 2 atom stereocenters. The molecule has 35 heavy (non-hydrogen) atoms. The molecule has 0 radical (unpaired) electrons. The number of hydrogen-bond donors (Lipinski definition) is 1. The van der Waals surface area contributed by atoms with E-state index in [2.05, 4.69) is 19.2 Å². The van der Waals surface area contributed by atoms with Gasteiger partial charge >= 0.3 is 6.09 Å². The van der Waals surface area contributed by atoms with E-state index in [1.165, 1.54) is 32.1 Å². The molecule has 2 fully saturated rings. The molecule has 0 spiro atoms. The first-order valence-electron chi connectivity index (χ1n) is 13.4. The summed E-state index contributed by atoms with van der Waals surface area (Å²) in [6.07, 6.45) is 8.81. The molecule has 0 unspecified atom stereocenters.